The smallest absolute Gasteiger partial charge is 0.123 e. The fourth-order valence-electron chi connectivity index (χ4n) is 1.66. The lowest BCUT2D eigenvalue weighted by atomic mass is 10.1. The van der Waals surface area contributed by atoms with Gasteiger partial charge in [0, 0.05) is 13.1 Å². The van der Waals surface area contributed by atoms with Gasteiger partial charge in [-0.25, -0.2) is 0 Å². The third-order valence-electron chi connectivity index (χ3n) is 2.86. The minimum absolute atomic E-state index is 0.157. The Labute approximate surface area is 104 Å². The molecule has 0 aromatic heterocycles. The molecule has 1 unspecified atom stereocenters. The maximum Gasteiger partial charge on any atom is 0.123 e. The van der Waals surface area contributed by atoms with Crippen molar-refractivity contribution >= 4 is 0 Å². The molecule has 0 spiro atoms. The molecule has 0 bridgehead atoms. The molecule has 17 heavy (non-hydrogen) atoms. The summed E-state index contributed by atoms with van der Waals surface area (Å²) >= 11 is 0. The molecule has 0 saturated carbocycles. The quantitative estimate of drug-likeness (QED) is 0.777. The lowest BCUT2D eigenvalue weighted by Crippen LogP contribution is -2.31. The van der Waals surface area contributed by atoms with E-state index in [0.717, 1.165) is 18.7 Å². The van der Waals surface area contributed by atoms with Gasteiger partial charge in [0.15, 0.2) is 0 Å². The van der Waals surface area contributed by atoms with Crippen molar-refractivity contribution < 1.29 is 0 Å². The van der Waals surface area contributed by atoms with Crippen LogP contribution in [-0.4, -0.2) is 44.0 Å². The van der Waals surface area contributed by atoms with Crippen LogP contribution in [0.4, 0.5) is 0 Å². The Morgan fingerprint density at radius 1 is 1.12 bits per heavy atom. The Balaban J connectivity index is 2.71. The van der Waals surface area contributed by atoms with Crippen molar-refractivity contribution in [2.75, 3.05) is 34.2 Å². The summed E-state index contributed by atoms with van der Waals surface area (Å²) < 4.78 is 0. The van der Waals surface area contributed by atoms with Gasteiger partial charge in [0.25, 0.3) is 0 Å². The number of rotatable bonds is 5. The van der Waals surface area contributed by atoms with E-state index < -0.39 is 0 Å². The van der Waals surface area contributed by atoms with E-state index in [1.165, 1.54) is 5.56 Å². The zero-order chi connectivity index (χ0) is 12.8. The minimum Gasteiger partial charge on any atom is -0.308 e. The van der Waals surface area contributed by atoms with Crippen molar-refractivity contribution in [1.82, 2.24) is 9.80 Å². The highest BCUT2D eigenvalue weighted by molar-refractivity contribution is 5.27. The first kappa shape index (κ1) is 13.7. The van der Waals surface area contributed by atoms with Gasteiger partial charge in [-0.2, -0.15) is 5.26 Å². The topological polar surface area (TPSA) is 30.3 Å². The van der Waals surface area contributed by atoms with E-state index in [2.05, 4.69) is 34.9 Å². The van der Waals surface area contributed by atoms with Gasteiger partial charge in [-0.1, -0.05) is 29.8 Å². The number of likely N-dealkylation sites (N-methyl/N-ethyl adjacent to an activating group) is 2. The average Bonchev–Trinajstić information content (AvgIpc) is 2.30. The van der Waals surface area contributed by atoms with Crippen molar-refractivity contribution in [2.24, 2.45) is 0 Å². The van der Waals surface area contributed by atoms with Gasteiger partial charge < -0.3 is 4.90 Å². The first-order valence-corrected chi connectivity index (χ1v) is 5.85. The molecule has 1 atom stereocenters. The normalized spacial score (nSPS) is 12.8. The van der Waals surface area contributed by atoms with Gasteiger partial charge in [-0.05, 0) is 33.6 Å². The number of hydrogen-bond acceptors (Lipinski definition) is 3. The molecule has 0 aliphatic carbocycles. The zero-order valence-electron chi connectivity index (χ0n) is 11.1. The summed E-state index contributed by atoms with van der Waals surface area (Å²) in [5, 5.41) is 9.28. The van der Waals surface area contributed by atoms with Crippen molar-refractivity contribution in [3.05, 3.63) is 35.4 Å². The minimum atomic E-state index is -0.157. The molecular formula is C14H21N3. The van der Waals surface area contributed by atoms with Gasteiger partial charge in [0.1, 0.15) is 6.04 Å². The van der Waals surface area contributed by atoms with E-state index in [-0.39, 0.29) is 6.04 Å². The molecule has 0 aliphatic heterocycles. The van der Waals surface area contributed by atoms with Gasteiger partial charge in [0.05, 0.1) is 6.07 Å². The molecule has 0 fully saturated rings. The maximum absolute atomic E-state index is 9.28. The summed E-state index contributed by atoms with van der Waals surface area (Å²) in [6, 6.07) is 10.4. The number of benzene rings is 1. The van der Waals surface area contributed by atoms with Crippen LogP contribution in [-0.2, 0) is 0 Å². The number of nitriles is 1. The second-order valence-corrected chi connectivity index (χ2v) is 4.73. The van der Waals surface area contributed by atoms with Crippen LogP contribution in [0, 0.1) is 18.3 Å². The Morgan fingerprint density at radius 2 is 1.71 bits per heavy atom. The molecule has 1 aromatic rings. The molecule has 0 saturated heterocycles. The fraction of sp³-hybridized carbons (Fsp3) is 0.500. The highest BCUT2D eigenvalue weighted by Gasteiger charge is 2.15. The molecule has 0 N–H and O–H groups in total. The molecule has 92 valence electrons. The van der Waals surface area contributed by atoms with Crippen LogP contribution in [0.3, 0.4) is 0 Å². The highest BCUT2D eigenvalue weighted by Crippen LogP contribution is 2.18. The number of nitrogens with zero attached hydrogens (tertiary/aromatic N) is 3. The summed E-state index contributed by atoms with van der Waals surface area (Å²) in [7, 11) is 6.08. The summed E-state index contributed by atoms with van der Waals surface area (Å²) in [6.07, 6.45) is 0. The van der Waals surface area contributed by atoms with E-state index in [1.54, 1.807) is 0 Å². The molecular weight excluding hydrogens is 210 g/mol. The van der Waals surface area contributed by atoms with Gasteiger partial charge in [-0.15, -0.1) is 0 Å². The Kier molecular flexibility index (Phi) is 5.14. The first-order valence-electron chi connectivity index (χ1n) is 5.85. The summed E-state index contributed by atoms with van der Waals surface area (Å²) in [5.74, 6) is 0. The van der Waals surface area contributed by atoms with Crippen LogP contribution in [0.25, 0.3) is 0 Å². The summed E-state index contributed by atoms with van der Waals surface area (Å²) in [4.78, 5) is 4.21. The largest absolute Gasteiger partial charge is 0.308 e. The van der Waals surface area contributed by atoms with Crippen LogP contribution < -0.4 is 0 Å². The van der Waals surface area contributed by atoms with Crippen LogP contribution >= 0.6 is 0 Å². The molecule has 3 nitrogen and oxygen atoms in total. The maximum atomic E-state index is 9.28. The summed E-state index contributed by atoms with van der Waals surface area (Å²) in [5.41, 5.74) is 2.29. The predicted octanol–water partition coefficient (Wildman–Crippen LogP) is 2.05. The lowest BCUT2D eigenvalue weighted by Gasteiger charge is -2.24. The van der Waals surface area contributed by atoms with Crippen LogP contribution in [0.15, 0.2) is 24.3 Å². The van der Waals surface area contributed by atoms with Crippen LogP contribution in [0.2, 0.25) is 0 Å². The van der Waals surface area contributed by atoms with Crippen molar-refractivity contribution in [3.63, 3.8) is 0 Å². The van der Waals surface area contributed by atoms with Gasteiger partial charge in [-0.3, -0.25) is 4.90 Å². The molecule has 0 aliphatic rings. The Morgan fingerprint density at radius 3 is 2.18 bits per heavy atom. The van der Waals surface area contributed by atoms with Crippen LogP contribution in [0.1, 0.15) is 17.2 Å². The SMILES string of the molecule is Cc1ccc(C(C#N)N(C)CCN(C)C)cc1. The molecule has 0 radical (unpaired) electrons. The Bertz CT molecular complexity index is 375. The van der Waals surface area contributed by atoms with Gasteiger partial charge in [0.2, 0.25) is 0 Å². The van der Waals surface area contributed by atoms with E-state index in [9.17, 15) is 5.26 Å². The molecule has 3 heteroatoms. The molecule has 1 aromatic carbocycles. The van der Waals surface area contributed by atoms with E-state index >= 15 is 0 Å². The van der Waals surface area contributed by atoms with E-state index in [1.807, 2.05) is 33.3 Å². The average molecular weight is 231 g/mol. The van der Waals surface area contributed by atoms with E-state index in [0.29, 0.717) is 0 Å². The van der Waals surface area contributed by atoms with Crippen molar-refractivity contribution in [1.29, 1.82) is 5.26 Å². The van der Waals surface area contributed by atoms with E-state index in [4.69, 9.17) is 0 Å². The van der Waals surface area contributed by atoms with Gasteiger partial charge >= 0.3 is 0 Å². The monoisotopic (exact) mass is 231 g/mol. The van der Waals surface area contributed by atoms with Crippen molar-refractivity contribution in [3.8, 4) is 6.07 Å². The third kappa shape index (κ3) is 4.18. The highest BCUT2D eigenvalue weighted by atomic mass is 15.2. The summed E-state index contributed by atoms with van der Waals surface area (Å²) in [6.45, 7) is 3.90. The number of aryl methyl sites for hydroxylation is 1. The lowest BCUT2D eigenvalue weighted by molar-refractivity contribution is 0.253. The molecule has 1 rings (SSSR count). The fourth-order valence-corrected chi connectivity index (χ4v) is 1.66. The third-order valence-corrected chi connectivity index (χ3v) is 2.86. The molecule has 0 heterocycles. The second-order valence-electron chi connectivity index (χ2n) is 4.73. The molecule has 0 amide bonds. The zero-order valence-corrected chi connectivity index (χ0v) is 11.1. The van der Waals surface area contributed by atoms with Crippen LogP contribution in [0.5, 0.6) is 0 Å². The standard InChI is InChI=1S/C14H21N3/c1-12-5-7-13(8-6-12)14(11-15)17(4)10-9-16(2)3/h5-8,14H,9-10H2,1-4H3. The second kappa shape index (κ2) is 6.39. The first-order chi connectivity index (χ1) is 8.04. The number of hydrogen-bond donors (Lipinski definition) is 0. The predicted molar refractivity (Wildman–Crippen MR) is 70.7 cm³/mol. The Hall–Kier alpha value is -1.37. The van der Waals surface area contributed by atoms with Crippen molar-refractivity contribution in [2.45, 2.75) is 13.0 Å².